The lowest BCUT2D eigenvalue weighted by Crippen LogP contribution is -2.21. The van der Waals surface area contributed by atoms with Crippen molar-refractivity contribution in [1.29, 1.82) is 0 Å². The van der Waals surface area contributed by atoms with E-state index in [9.17, 15) is 4.39 Å². The molecule has 0 aliphatic heterocycles. The minimum absolute atomic E-state index is 0.0899. The lowest BCUT2D eigenvalue weighted by atomic mass is 9.93. The van der Waals surface area contributed by atoms with Crippen LogP contribution in [0.5, 0.6) is 5.75 Å². The van der Waals surface area contributed by atoms with Crippen molar-refractivity contribution in [3.63, 3.8) is 0 Å². The molecule has 1 unspecified atom stereocenters. The van der Waals surface area contributed by atoms with Crippen molar-refractivity contribution in [3.8, 4) is 5.75 Å². The Balaban J connectivity index is 2.57. The molecule has 0 aromatic heterocycles. The SMILES string of the molecule is CCC(N)Cc1ccc(OCCC(C)(C)C)c(F)c1. The molecular weight excluding hydrogens is 241 g/mol. The molecule has 1 aromatic carbocycles. The fraction of sp³-hybridized carbons (Fsp3) is 0.625. The summed E-state index contributed by atoms with van der Waals surface area (Å²) in [6.45, 7) is 8.99. The summed E-state index contributed by atoms with van der Waals surface area (Å²) in [7, 11) is 0. The largest absolute Gasteiger partial charge is 0.490 e. The molecule has 0 heterocycles. The van der Waals surface area contributed by atoms with Crippen LogP contribution in [0.2, 0.25) is 0 Å². The molecule has 0 aliphatic rings. The highest BCUT2D eigenvalue weighted by molar-refractivity contribution is 5.29. The Bertz CT molecular complexity index is 398. The van der Waals surface area contributed by atoms with Gasteiger partial charge in [-0.15, -0.1) is 0 Å². The van der Waals surface area contributed by atoms with Gasteiger partial charge in [0.05, 0.1) is 6.61 Å². The second-order valence-corrected chi connectivity index (χ2v) is 6.30. The van der Waals surface area contributed by atoms with E-state index >= 15 is 0 Å². The number of nitrogens with two attached hydrogens (primary N) is 1. The molecule has 0 spiro atoms. The molecule has 3 heteroatoms. The van der Waals surface area contributed by atoms with Gasteiger partial charge in [0.2, 0.25) is 0 Å². The molecule has 19 heavy (non-hydrogen) atoms. The molecule has 2 N–H and O–H groups in total. The Morgan fingerprint density at radius 1 is 1.32 bits per heavy atom. The average Bonchev–Trinajstić information content (AvgIpc) is 2.30. The number of rotatable bonds is 6. The third-order valence-electron chi connectivity index (χ3n) is 3.13. The zero-order valence-corrected chi connectivity index (χ0v) is 12.5. The van der Waals surface area contributed by atoms with Gasteiger partial charge in [0.25, 0.3) is 0 Å². The highest BCUT2D eigenvalue weighted by atomic mass is 19.1. The van der Waals surface area contributed by atoms with E-state index in [0.717, 1.165) is 18.4 Å². The lowest BCUT2D eigenvalue weighted by molar-refractivity contribution is 0.235. The van der Waals surface area contributed by atoms with Crippen molar-refractivity contribution >= 4 is 0 Å². The van der Waals surface area contributed by atoms with E-state index in [1.165, 1.54) is 6.07 Å². The van der Waals surface area contributed by atoms with Gasteiger partial charge in [-0.1, -0.05) is 33.8 Å². The number of ether oxygens (including phenoxy) is 1. The smallest absolute Gasteiger partial charge is 0.165 e. The monoisotopic (exact) mass is 267 g/mol. The molecule has 1 atom stereocenters. The predicted molar refractivity (Wildman–Crippen MR) is 77.9 cm³/mol. The van der Waals surface area contributed by atoms with Gasteiger partial charge in [0.1, 0.15) is 0 Å². The third kappa shape index (κ3) is 6.06. The minimum Gasteiger partial charge on any atom is -0.490 e. The van der Waals surface area contributed by atoms with Crippen LogP contribution < -0.4 is 10.5 Å². The molecule has 2 nitrogen and oxygen atoms in total. The van der Waals surface area contributed by atoms with Crippen LogP contribution in [0.25, 0.3) is 0 Å². The zero-order chi connectivity index (χ0) is 14.5. The maximum atomic E-state index is 13.9. The molecule has 0 bridgehead atoms. The lowest BCUT2D eigenvalue weighted by Gasteiger charge is -2.18. The van der Waals surface area contributed by atoms with Crippen molar-refractivity contribution in [1.82, 2.24) is 0 Å². The summed E-state index contributed by atoms with van der Waals surface area (Å²) in [6, 6.07) is 5.22. The van der Waals surface area contributed by atoms with Crippen LogP contribution in [0.4, 0.5) is 4.39 Å². The van der Waals surface area contributed by atoms with Crippen molar-refractivity contribution in [3.05, 3.63) is 29.6 Å². The van der Waals surface area contributed by atoms with Gasteiger partial charge in [-0.2, -0.15) is 0 Å². The van der Waals surface area contributed by atoms with E-state index in [0.29, 0.717) is 18.8 Å². The first-order valence-electron chi connectivity index (χ1n) is 6.98. The van der Waals surface area contributed by atoms with Crippen LogP contribution in [0.15, 0.2) is 18.2 Å². The molecule has 1 rings (SSSR count). The van der Waals surface area contributed by atoms with E-state index in [2.05, 4.69) is 20.8 Å². The zero-order valence-electron chi connectivity index (χ0n) is 12.5. The predicted octanol–water partition coefficient (Wildman–Crippen LogP) is 3.92. The summed E-state index contributed by atoms with van der Waals surface area (Å²) < 4.78 is 19.4. The molecule has 0 aliphatic carbocycles. The maximum absolute atomic E-state index is 13.9. The molecule has 0 fully saturated rings. The Labute approximate surface area is 116 Å². The summed E-state index contributed by atoms with van der Waals surface area (Å²) in [5.74, 6) is 0.0350. The van der Waals surface area contributed by atoms with Crippen molar-refractivity contribution in [2.75, 3.05) is 6.61 Å². The van der Waals surface area contributed by atoms with E-state index in [4.69, 9.17) is 10.5 Å². The van der Waals surface area contributed by atoms with Gasteiger partial charge in [-0.05, 0) is 42.4 Å². The number of hydrogen-bond acceptors (Lipinski definition) is 2. The van der Waals surface area contributed by atoms with Crippen LogP contribution >= 0.6 is 0 Å². The maximum Gasteiger partial charge on any atom is 0.165 e. The average molecular weight is 267 g/mol. The Kier molecular flexibility index (Phi) is 5.80. The quantitative estimate of drug-likeness (QED) is 0.848. The number of hydrogen-bond donors (Lipinski definition) is 1. The first kappa shape index (κ1) is 16.0. The number of halogens is 1. The third-order valence-corrected chi connectivity index (χ3v) is 3.13. The fourth-order valence-corrected chi connectivity index (χ4v) is 1.70. The molecule has 0 saturated heterocycles. The Morgan fingerprint density at radius 2 is 2.00 bits per heavy atom. The molecule has 108 valence electrons. The summed E-state index contributed by atoms with van der Waals surface area (Å²) in [5.41, 5.74) is 6.99. The van der Waals surface area contributed by atoms with Crippen LogP contribution in [0.3, 0.4) is 0 Å². The van der Waals surface area contributed by atoms with Gasteiger partial charge < -0.3 is 10.5 Å². The summed E-state index contributed by atoms with van der Waals surface area (Å²) in [6.07, 6.45) is 2.50. The molecule has 0 amide bonds. The summed E-state index contributed by atoms with van der Waals surface area (Å²) >= 11 is 0. The highest BCUT2D eigenvalue weighted by Crippen LogP contribution is 2.22. The molecule has 0 saturated carbocycles. The standard InChI is InChI=1S/C16H26FNO/c1-5-13(18)10-12-6-7-15(14(17)11-12)19-9-8-16(2,3)4/h6-7,11,13H,5,8-10,18H2,1-4H3. The van der Waals surface area contributed by atoms with Gasteiger partial charge in [-0.3, -0.25) is 0 Å². The fourth-order valence-electron chi connectivity index (χ4n) is 1.70. The van der Waals surface area contributed by atoms with E-state index in [1.54, 1.807) is 6.07 Å². The van der Waals surface area contributed by atoms with Crippen LogP contribution in [0, 0.1) is 11.2 Å². The topological polar surface area (TPSA) is 35.2 Å². The van der Waals surface area contributed by atoms with Gasteiger partial charge in [0, 0.05) is 6.04 Å². The molecular formula is C16H26FNO. The van der Waals surface area contributed by atoms with Crippen molar-refractivity contribution in [2.45, 2.75) is 53.0 Å². The van der Waals surface area contributed by atoms with Crippen molar-refractivity contribution in [2.24, 2.45) is 11.1 Å². The molecule has 1 aromatic rings. The van der Waals surface area contributed by atoms with Gasteiger partial charge in [-0.25, -0.2) is 4.39 Å². The van der Waals surface area contributed by atoms with Crippen LogP contribution in [-0.2, 0) is 6.42 Å². The number of benzene rings is 1. The Morgan fingerprint density at radius 3 is 2.53 bits per heavy atom. The van der Waals surface area contributed by atoms with E-state index in [1.807, 2.05) is 13.0 Å². The first-order chi connectivity index (χ1) is 8.81. The van der Waals surface area contributed by atoms with Gasteiger partial charge >= 0.3 is 0 Å². The minimum atomic E-state index is -0.297. The second-order valence-electron chi connectivity index (χ2n) is 6.30. The normalized spacial score (nSPS) is 13.4. The summed E-state index contributed by atoms with van der Waals surface area (Å²) in [5, 5.41) is 0. The Hall–Kier alpha value is -1.09. The van der Waals surface area contributed by atoms with E-state index in [-0.39, 0.29) is 17.3 Å². The first-order valence-corrected chi connectivity index (χ1v) is 6.98. The van der Waals surface area contributed by atoms with Crippen LogP contribution in [0.1, 0.15) is 46.1 Å². The van der Waals surface area contributed by atoms with Crippen molar-refractivity contribution < 1.29 is 9.13 Å². The van der Waals surface area contributed by atoms with E-state index < -0.39 is 0 Å². The summed E-state index contributed by atoms with van der Waals surface area (Å²) in [4.78, 5) is 0. The van der Waals surface area contributed by atoms with Gasteiger partial charge in [0.15, 0.2) is 11.6 Å². The van der Waals surface area contributed by atoms with Crippen LogP contribution in [-0.4, -0.2) is 12.6 Å². The highest BCUT2D eigenvalue weighted by Gasteiger charge is 2.12. The molecule has 0 radical (unpaired) electrons. The second kappa shape index (κ2) is 6.90.